The number of aliphatic hydroxyl groups is 1. The van der Waals surface area contributed by atoms with Crippen molar-refractivity contribution in [1.82, 2.24) is 10.2 Å². The predicted octanol–water partition coefficient (Wildman–Crippen LogP) is 7.25. The second kappa shape index (κ2) is 13.0. The van der Waals surface area contributed by atoms with E-state index in [-0.39, 0.29) is 30.4 Å². The first-order valence-electron chi connectivity index (χ1n) is 17.0. The van der Waals surface area contributed by atoms with Gasteiger partial charge in [0.15, 0.2) is 6.29 Å². The number of carbonyl (C=O) groups excluding carboxylic acids is 1. The lowest BCUT2D eigenvalue weighted by atomic mass is 9.53. The van der Waals surface area contributed by atoms with Crippen molar-refractivity contribution in [3.63, 3.8) is 0 Å². The van der Waals surface area contributed by atoms with Crippen LogP contribution in [0.3, 0.4) is 0 Å². The maximum Gasteiger partial charge on any atom is 0.319 e. The van der Waals surface area contributed by atoms with E-state index in [9.17, 15) is 9.90 Å². The van der Waals surface area contributed by atoms with E-state index in [1.807, 2.05) is 42.5 Å². The molecule has 4 bridgehead atoms. The smallest absolute Gasteiger partial charge is 0.319 e. The molecule has 0 aromatic heterocycles. The summed E-state index contributed by atoms with van der Waals surface area (Å²) in [5.74, 6) is 2.34. The van der Waals surface area contributed by atoms with Crippen molar-refractivity contribution >= 4 is 11.7 Å². The van der Waals surface area contributed by atoms with Gasteiger partial charge in [-0.15, -0.1) is 6.58 Å². The van der Waals surface area contributed by atoms with Crippen molar-refractivity contribution in [3.05, 3.63) is 77.9 Å². The van der Waals surface area contributed by atoms with Gasteiger partial charge in [0, 0.05) is 42.3 Å². The lowest BCUT2D eigenvalue weighted by molar-refractivity contribution is -0.253. The van der Waals surface area contributed by atoms with Gasteiger partial charge < -0.3 is 25.2 Å². The van der Waals surface area contributed by atoms with Gasteiger partial charge in [-0.1, -0.05) is 55.3 Å². The van der Waals surface area contributed by atoms with E-state index in [0.29, 0.717) is 6.04 Å². The van der Waals surface area contributed by atoms with E-state index in [4.69, 9.17) is 9.47 Å². The molecule has 7 heteroatoms. The summed E-state index contributed by atoms with van der Waals surface area (Å²) >= 11 is 0. The molecule has 8 rings (SSSR count). The summed E-state index contributed by atoms with van der Waals surface area (Å²) in [6.07, 6.45) is 14.5. The van der Waals surface area contributed by atoms with Crippen molar-refractivity contribution in [2.75, 3.05) is 18.4 Å². The highest BCUT2D eigenvalue weighted by Crippen LogP contribution is 2.55. The van der Waals surface area contributed by atoms with Crippen LogP contribution in [0.5, 0.6) is 0 Å². The van der Waals surface area contributed by atoms with Gasteiger partial charge in [0.2, 0.25) is 0 Å². The van der Waals surface area contributed by atoms with Crippen molar-refractivity contribution in [3.8, 4) is 0 Å². The minimum absolute atomic E-state index is 0.0205. The molecule has 1 aliphatic heterocycles. The molecule has 44 heavy (non-hydrogen) atoms. The van der Waals surface area contributed by atoms with Crippen LogP contribution in [0.25, 0.3) is 0 Å². The molecular formula is C37H49N3O4. The fourth-order valence-electron chi connectivity index (χ4n) is 9.53. The highest BCUT2D eigenvalue weighted by Gasteiger charge is 2.51. The van der Waals surface area contributed by atoms with E-state index in [1.165, 1.54) is 44.9 Å². The van der Waals surface area contributed by atoms with Gasteiger partial charge in [0.25, 0.3) is 0 Å². The van der Waals surface area contributed by atoms with Gasteiger partial charge in [0.1, 0.15) is 0 Å². The molecule has 6 aliphatic rings. The standard InChI is InChI=1S/C37H49N3O4/c1-2-14-40(32-8-3-4-9-32)23-33-19-34(29-12-10-25(24-41)11-13-29)44-35(43-33)30-6-5-7-31(18-30)38-36(42)39-37-20-26-15-27(21-37)17-28(16-26)22-37/h2,5-7,10-13,18,26-28,32-35,41H,1,3-4,8-9,14-17,19-24H2,(H2,38,39,42). The molecule has 5 aliphatic carbocycles. The maximum absolute atomic E-state index is 13.3. The third-order valence-corrected chi connectivity index (χ3v) is 11.1. The molecule has 3 N–H and O–H groups in total. The van der Waals surface area contributed by atoms with Crippen LogP contribution < -0.4 is 10.6 Å². The number of hydrogen-bond acceptors (Lipinski definition) is 5. The van der Waals surface area contributed by atoms with Gasteiger partial charge >= 0.3 is 6.03 Å². The molecule has 2 amide bonds. The summed E-state index contributed by atoms with van der Waals surface area (Å²) in [7, 11) is 0. The van der Waals surface area contributed by atoms with Crippen molar-refractivity contribution in [1.29, 1.82) is 0 Å². The Hall–Kier alpha value is -2.71. The van der Waals surface area contributed by atoms with Crippen LogP contribution in [0.1, 0.15) is 99.7 Å². The lowest BCUT2D eigenvalue weighted by Crippen LogP contribution is -2.60. The average Bonchev–Trinajstić information content (AvgIpc) is 3.55. The number of carbonyl (C=O) groups is 1. The monoisotopic (exact) mass is 599 g/mol. The third kappa shape index (κ3) is 6.62. The minimum Gasteiger partial charge on any atom is -0.392 e. The molecule has 236 valence electrons. The third-order valence-electron chi connectivity index (χ3n) is 11.1. The van der Waals surface area contributed by atoms with Crippen LogP contribution in [-0.2, 0) is 16.1 Å². The zero-order chi connectivity index (χ0) is 30.1. The number of amides is 2. The normalized spacial score (nSPS) is 33.0. The van der Waals surface area contributed by atoms with Gasteiger partial charge in [-0.25, -0.2) is 4.79 Å². The van der Waals surface area contributed by atoms with Crippen molar-refractivity contribution in [2.24, 2.45) is 17.8 Å². The van der Waals surface area contributed by atoms with E-state index >= 15 is 0 Å². The fraction of sp³-hybridized carbons (Fsp3) is 0.595. The molecule has 0 radical (unpaired) electrons. The highest BCUT2D eigenvalue weighted by molar-refractivity contribution is 5.89. The summed E-state index contributed by atoms with van der Waals surface area (Å²) in [5, 5.41) is 16.1. The lowest BCUT2D eigenvalue weighted by Gasteiger charge is -2.56. The largest absolute Gasteiger partial charge is 0.392 e. The number of anilines is 1. The Labute approximate surface area is 262 Å². The second-order valence-electron chi connectivity index (χ2n) is 14.4. The summed E-state index contributed by atoms with van der Waals surface area (Å²) in [4.78, 5) is 15.9. The van der Waals surface area contributed by atoms with Crippen LogP contribution in [0.2, 0.25) is 0 Å². The summed E-state index contributed by atoms with van der Waals surface area (Å²) in [6, 6.07) is 16.4. The number of nitrogens with zero attached hydrogens (tertiary/aromatic N) is 1. The van der Waals surface area contributed by atoms with Gasteiger partial charge in [-0.05, 0) is 92.4 Å². The molecule has 0 spiro atoms. The number of urea groups is 1. The van der Waals surface area contributed by atoms with E-state index < -0.39 is 6.29 Å². The number of hydrogen-bond donors (Lipinski definition) is 3. The fourth-order valence-corrected chi connectivity index (χ4v) is 9.53. The Balaban J connectivity index is 1.07. The van der Waals surface area contributed by atoms with Crippen LogP contribution in [0, 0.1) is 17.8 Å². The van der Waals surface area contributed by atoms with Gasteiger partial charge in [-0.3, -0.25) is 4.90 Å². The molecule has 2 aromatic rings. The summed E-state index contributed by atoms with van der Waals surface area (Å²) in [5.41, 5.74) is 3.59. The maximum atomic E-state index is 13.3. The molecule has 7 nitrogen and oxygen atoms in total. The summed E-state index contributed by atoms with van der Waals surface area (Å²) < 4.78 is 13.3. The Kier molecular flexibility index (Phi) is 8.82. The van der Waals surface area contributed by atoms with Crippen LogP contribution in [-0.4, -0.2) is 46.8 Å². The molecule has 2 aromatic carbocycles. The number of nitrogens with one attached hydrogen (secondary N) is 2. The molecule has 5 saturated carbocycles. The zero-order valence-electron chi connectivity index (χ0n) is 26.0. The van der Waals surface area contributed by atoms with E-state index in [0.717, 1.165) is 78.9 Å². The van der Waals surface area contributed by atoms with E-state index in [2.05, 4.69) is 34.2 Å². The first kappa shape index (κ1) is 30.0. The first-order valence-corrected chi connectivity index (χ1v) is 17.0. The highest BCUT2D eigenvalue weighted by atomic mass is 16.7. The average molecular weight is 600 g/mol. The van der Waals surface area contributed by atoms with Crippen molar-refractivity contribution in [2.45, 2.75) is 107 Å². The van der Waals surface area contributed by atoms with E-state index in [1.54, 1.807) is 0 Å². The Morgan fingerprint density at radius 2 is 1.66 bits per heavy atom. The zero-order valence-corrected chi connectivity index (χ0v) is 26.0. The molecule has 3 atom stereocenters. The van der Waals surface area contributed by atoms with Crippen LogP contribution in [0.4, 0.5) is 10.5 Å². The first-order chi connectivity index (χ1) is 21.5. The molecule has 3 unspecified atom stereocenters. The molecule has 1 heterocycles. The summed E-state index contributed by atoms with van der Waals surface area (Å²) in [6.45, 7) is 5.73. The predicted molar refractivity (Wildman–Crippen MR) is 172 cm³/mol. The molecule has 1 saturated heterocycles. The number of benzene rings is 2. The van der Waals surface area contributed by atoms with Gasteiger partial charge in [0.05, 0.1) is 18.8 Å². The van der Waals surface area contributed by atoms with Crippen molar-refractivity contribution < 1.29 is 19.4 Å². The number of rotatable bonds is 10. The van der Waals surface area contributed by atoms with Crippen LogP contribution >= 0.6 is 0 Å². The van der Waals surface area contributed by atoms with Gasteiger partial charge in [-0.2, -0.15) is 0 Å². The number of ether oxygens (including phenoxy) is 2. The minimum atomic E-state index is -0.557. The molecule has 6 fully saturated rings. The topological polar surface area (TPSA) is 83.1 Å². The molecular weight excluding hydrogens is 550 g/mol. The Morgan fingerprint density at radius 1 is 0.955 bits per heavy atom. The Morgan fingerprint density at radius 3 is 2.32 bits per heavy atom. The second-order valence-corrected chi connectivity index (χ2v) is 14.4. The van der Waals surface area contributed by atoms with Crippen LogP contribution in [0.15, 0.2) is 61.2 Å². The Bertz CT molecular complexity index is 1270. The number of aliphatic hydroxyl groups excluding tert-OH is 1. The SMILES string of the molecule is C=CCN(CC1CC(c2ccc(CO)cc2)OC(c2cccc(NC(=O)NC34CC5CC(CC(C5)C3)C4)c2)O1)C1CCCC1. The quantitative estimate of drug-likeness (QED) is 0.251.